The van der Waals surface area contributed by atoms with Crippen molar-refractivity contribution in [1.82, 2.24) is 9.55 Å². The number of H-pyrrole nitrogens is 1. The highest BCUT2D eigenvalue weighted by molar-refractivity contribution is 5.73. The fourth-order valence-electron chi connectivity index (χ4n) is 1.45. The van der Waals surface area contributed by atoms with E-state index in [0.29, 0.717) is 25.8 Å². The van der Waals surface area contributed by atoms with Crippen molar-refractivity contribution in [2.24, 2.45) is 12.8 Å². The summed E-state index contributed by atoms with van der Waals surface area (Å²) in [6, 6.07) is 0. The first-order valence-electron chi connectivity index (χ1n) is 5.54. The van der Waals surface area contributed by atoms with E-state index in [4.69, 9.17) is 11.5 Å². The molecule has 0 aliphatic carbocycles. The number of hydrogen-bond donors (Lipinski definition) is 4. The lowest BCUT2D eigenvalue weighted by atomic mass is 10.2. The molecule has 0 aliphatic heterocycles. The molecule has 1 heterocycles. The van der Waals surface area contributed by atoms with Crippen LogP contribution in [0.2, 0.25) is 0 Å². The van der Waals surface area contributed by atoms with E-state index in [9.17, 15) is 14.4 Å². The van der Waals surface area contributed by atoms with Crippen molar-refractivity contribution in [1.29, 1.82) is 0 Å². The van der Waals surface area contributed by atoms with Crippen molar-refractivity contribution in [3.05, 3.63) is 20.8 Å². The van der Waals surface area contributed by atoms with Gasteiger partial charge in [-0.25, -0.2) is 4.79 Å². The Morgan fingerprint density at radius 1 is 1.39 bits per heavy atom. The van der Waals surface area contributed by atoms with Crippen molar-refractivity contribution >= 4 is 17.4 Å². The van der Waals surface area contributed by atoms with Crippen molar-refractivity contribution in [3.63, 3.8) is 0 Å². The van der Waals surface area contributed by atoms with Crippen LogP contribution >= 0.6 is 0 Å². The van der Waals surface area contributed by atoms with E-state index in [0.717, 1.165) is 4.57 Å². The summed E-state index contributed by atoms with van der Waals surface area (Å²) in [4.78, 5) is 35.4. The lowest BCUT2D eigenvalue weighted by Crippen LogP contribution is -2.32. The maximum Gasteiger partial charge on any atom is 0.329 e. The quantitative estimate of drug-likeness (QED) is 0.469. The van der Waals surface area contributed by atoms with Gasteiger partial charge in [-0.1, -0.05) is 0 Å². The van der Waals surface area contributed by atoms with Gasteiger partial charge in [-0.05, 0) is 12.8 Å². The third-order valence-electron chi connectivity index (χ3n) is 2.52. The summed E-state index contributed by atoms with van der Waals surface area (Å²) < 4.78 is 1.15. The van der Waals surface area contributed by atoms with Gasteiger partial charge in [0, 0.05) is 20.0 Å². The standard InChI is InChI=1S/C10H17N5O3/c1-15-8(12)7(9(17)14-10(15)18)13-5-3-2-4-6(11)16/h13H,2-5,12H2,1H3,(H2,11,16)(H,14,17,18). The molecule has 0 radical (unpaired) electrons. The minimum Gasteiger partial charge on any atom is -0.383 e. The van der Waals surface area contributed by atoms with Crippen LogP contribution < -0.4 is 28.0 Å². The third kappa shape index (κ3) is 3.37. The summed E-state index contributed by atoms with van der Waals surface area (Å²) in [6.07, 6.45) is 1.61. The van der Waals surface area contributed by atoms with E-state index in [1.165, 1.54) is 7.05 Å². The van der Waals surface area contributed by atoms with Gasteiger partial charge in [0.2, 0.25) is 5.91 Å². The number of aromatic nitrogens is 2. The minimum absolute atomic E-state index is 0.0821. The number of nitrogens with zero attached hydrogens (tertiary/aromatic N) is 1. The first-order chi connectivity index (χ1) is 8.43. The first-order valence-corrected chi connectivity index (χ1v) is 5.54. The molecule has 0 unspecified atom stereocenters. The van der Waals surface area contributed by atoms with E-state index >= 15 is 0 Å². The molecule has 0 saturated carbocycles. The molecular weight excluding hydrogens is 238 g/mol. The van der Waals surface area contributed by atoms with E-state index in [1.807, 2.05) is 0 Å². The van der Waals surface area contributed by atoms with Crippen LogP contribution in [0.3, 0.4) is 0 Å². The number of hydrogen-bond acceptors (Lipinski definition) is 5. The molecule has 0 atom stereocenters. The second kappa shape index (κ2) is 5.89. The van der Waals surface area contributed by atoms with Gasteiger partial charge in [-0.2, -0.15) is 0 Å². The lowest BCUT2D eigenvalue weighted by Gasteiger charge is -2.10. The summed E-state index contributed by atoms with van der Waals surface area (Å²) >= 11 is 0. The highest BCUT2D eigenvalue weighted by Crippen LogP contribution is 2.08. The van der Waals surface area contributed by atoms with Gasteiger partial charge in [0.15, 0.2) is 0 Å². The smallest absolute Gasteiger partial charge is 0.329 e. The molecule has 0 aromatic carbocycles. The molecule has 100 valence electrons. The Labute approximate surface area is 103 Å². The SMILES string of the molecule is Cn1c(N)c(NCCCCC(N)=O)c(=O)[nH]c1=O. The Morgan fingerprint density at radius 3 is 2.67 bits per heavy atom. The molecular formula is C10H17N5O3. The number of anilines is 2. The fraction of sp³-hybridized carbons (Fsp3) is 0.500. The summed E-state index contributed by atoms with van der Waals surface area (Å²) in [5, 5.41) is 2.84. The summed E-state index contributed by atoms with van der Waals surface area (Å²) in [7, 11) is 1.46. The summed E-state index contributed by atoms with van der Waals surface area (Å²) in [6.45, 7) is 0.471. The topological polar surface area (TPSA) is 136 Å². The number of amides is 1. The van der Waals surface area contributed by atoms with Gasteiger partial charge in [0.25, 0.3) is 5.56 Å². The Hall–Kier alpha value is -2.25. The molecule has 8 heteroatoms. The number of carbonyl (C=O) groups is 1. The zero-order valence-electron chi connectivity index (χ0n) is 10.2. The van der Waals surface area contributed by atoms with E-state index in [2.05, 4.69) is 10.3 Å². The van der Waals surface area contributed by atoms with Gasteiger partial charge in [-0.3, -0.25) is 19.1 Å². The summed E-state index contributed by atoms with van der Waals surface area (Å²) in [5.41, 5.74) is 9.71. The fourth-order valence-corrected chi connectivity index (χ4v) is 1.45. The zero-order valence-corrected chi connectivity index (χ0v) is 10.2. The lowest BCUT2D eigenvalue weighted by molar-refractivity contribution is -0.118. The maximum absolute atomic E-state index is 11.5. The number of aromatic amines is 1. The second-order valence-corrected chi connectivity index (χ2v) is 3.93. The van der Waals surface area contributed by atoms with Crippen LogP contribution in [0.5, 0.6) is 0 Å². The van der Waals surface area contributed by atoms with Crippen LogP contribution in [0.15, 0.2) is 9.59 Å². The molecule has 1 amide bonds. The normalized spacial score (nSPS) is 10.3. The first kappa shape index (κ1) is 13.8. The van der Waals surface area contributed by atoms with Crippen LogP contribution in [0, 0.1) is 0 Å². The van der Waals surface area contributed by atoms with Crippen molar-refractivity contribution in [2.75, 3.05) is 17.6 Å². The maximum atomic E-state index is 11.5. The molecule has 0 saturated heterocycles. The molecule has 0 aliphatic rings. The molecule has 0 bridgehead atoms. The number of rotatable bonds is 6. The van der Waals surface area contributed by atoms with Crippen molar-refractivity contribution in [3.8, 4) is 0 Å². The molecule has 0 fully saturated rings. The molecule has 1 rings (SSSR count). The van der Waals surface area contributed by atoms with Gasteiger partial charge >= 0.3 is 5.69 Å². The van der Waals surface area contributed by atoms with Gasteiger partial charge in [0.05, 0.1) is 0 Å². The van der Waals surface area contributed by atoms with E-state index in [-0.39, 0.29) is 17.4 Å². The third-order valence-corrected chi connectivity index (χ3v) is 2.52. The second-order valence-electron chi connectivity index (χ2n) is 3.93. The predicted octanol–water partition coefficient (Wildman–Crippen LogP) is -1.28. The minimum atomic E-state index is -0.559. The summed E-state index contributed by atoms with van der Waals surface area (Å²) in [5.74, 6) is -0.270. The number of primary amides is 1. The number of carbonyl (C=O) groups excluding carboxylic acids is 1. The number of nitrogens with two attached hydrogens (primary N) is 2. The largest absolute Gasteiger partial charge is 0.383 e. The Morgan fingerprint density at radius 2 is 2.06 bits per heavy atom. The van der Waals surface area contributed by atoms with Crippen LogP contribution in [0.4, 0.5) is 11.5 Å². The van der Waals surface area contributed by atoms with E-state index in [1.54, 1.807) is 0 Å². The van der Waals surface area contributed by atoms with Crippen LogP contribution in [-0.2, 0) is 11.8 Å². The molecule has 0 spiro atoms. The van der Waals surface area contributed by atoms with Crippen LogP contribution in [-0.4, -0.2) is 22.0 Å². The van der Waals surface area contributed by atoms with Gasteiger partial charge < -0.3 is 16.8 Å². The predicted molar refractivity (Wildman–Crippen MR) is 68.3 cm³/mol. The van der Waals surface area contributed by atoms with Crippen LogP contribution in [0.25, 0.3) is 0 Å². The average Bonchev–Trinajstić information content (AvgIpc) is 2.29. The molecule has 8 nitrogen and oxygen atoms in total. The van der Waals surface area contributed by atoms with Crippen molar-refractivity contribution in [2.45, 2.75) is 19.3 Å². The molecule has 18 heavy (non-hydrogen) atoms. The Kier molecular flexibility index (Phi) is 4.52. The molecule has 6 N–H and O–H groups in total. The highest BCUT2D eigenvalue weighted by atomic mass is 16.2. The monoisotopic (exact) mass is 255 g/mol. The number of nitrogen functional groups attached to an aromatic ring is 1. The van der Waals surface area contributed by atoms with Gasteiger partial charge in [-0.15, -0.1) is 0 Å². The Bertz CT molecular complexity index is 545. The average molecular weight is 255 g/mol. The van der Waals surface area contributed by atoms with Gasteiger partial charge in [0.1, 0.15) is 11.5 Å². The van der Waals surface area contributed by atoms with Crippen molar-refractivity contribution < 1.29 is 4.79 Å². The zero-order chi connectivity index (χ0) is 13.7. The van der Waals surface area contributed by atoms with Crippen LogP contribution in [0.1, 0.15) is 19.3 Å². The number of unbranched alkanes of at least 4 members (excludes halogenated alkanes) is 1. The molecule has 1 aromatic rings. The molecule has 1 aromatic heterocycles. The highest BCUT2D eigenvalue weighted by Gasteiger charge is 2.08. The number of nitrogens with one attached hydrogen (secondary N) is 2. The Balaban J connectivity index is 2.63. The van der Waals surface area contributed by atoms with E-state index < -0.39 is 11.2 Å².